The second-order valence-corrected chi connectivity index (χ2v) is 7.02. The summed E-state index contributed by atoms with van der Waals surface area (Å²) in [6, 6.07) is 27.1. The Hall–Kier alpha value is -2.58. The van der Waals surface area contributed by atoms with Crippen LogP contribution in [0.3, 0.4) is 0 Å². The Balaban J connectivity index is 1.95. The molecule has 0 saturated carbocycles. The lowest BCUT2D eigenvalue weighted by Gasteiger charge is -2.30. The molecule has 0 aromatic heterocycles. The van der Waals surface area contributed by atoms with Gasteiger partial charge in [0.25, 0.3) is 0 Å². The van der Waals surface area contributed by atoms with Gasteiger partial charge in [-0.3, -0.25) is 0 Å². The highest BCUT2D eigenvalue weighted by Crippen LogP contribution is 2.49. The fraction of sp³-hybridized carbons (Fsp3) is 0.217. The number of anilines is 2. The number of rotatable bonds is 2. The number of nitrogens with zero attached hydrogens (tertiary/aromatic N) is 1. The van der Waals surface area contributed by atoms with Gasteiger partial charge in [0.2, 0.25) is 0 Å². The zero-order valence-electron chi connectivity index (χ0n) is 14.7. The van der Waals surface area contributed by atoms with Crippen molar-refractivity contribution in [1.29, 1.82) is 0 Å². The molecule has 2 nitrogen and oxygen atoms in total. The molecular formula is C23H23NO. The summed E-state index contributed by atoms with van der Waals surface area (Å²) >= 11 is 0. The molecule has 3 aromatic rings. The lowest BCUT2D eigenvalue weighted by molar-refractivity contribution is 0.0339. The summed E-state index contributed by atoms with van der Waals surface area (Å²) in [4.78, 5) is 2.33. The number of fused-ring (bicyclic) bond motifs is 2. The van der Waals surface area contributed by atoms with Gasteiger partial charge in [-0.05, 0) is 30.2 Å². The normalized spacial score (nSPS) is 22.0. The molecule has 3 aromatic carbocycles. The number of hydrogen-bond acceptors (Lipinski definition) is 2. The Morgan fingerprint density at radius 3 is 2.20 bits per heavy atom. The van der Waals surface area contributed by atoms with E-state index in [4.69, 9.17) is 0 Å². The number of benzene rings is 3. The molecule has 0 saturated heterocycles. The molecule has 1 aliphatic heterocycles. The van der Waals surface area contributed by atoms with Gasteiger partial charge in [0.05, 0.1) is 5.60 Å². The van der Waals surface area contributed by atoms with Gasteiger partial charge in [0.15, 0.2) is 0 Å². The van der Waals surface area contributed by atoms with Crippen LogP contribution in [0.15, 0.2) is 78.9 Å². The van der Waals surface area contributed by atoms with Crippen LogP contribution in [0.4, 0.5) is 11.4 Å². The van der Waals surface area contributed by atoms with Crippen molar-refractivity contribution >= 4 is 11.4 Å². The molecule has 1 N–H and O–H groups in total. The molecule has 0 bridgehead atoms. The highest BCUT2D eigenvalue weighted by Gasteiger charge is 2.39. The molecule has 4 rings (SSSR count). The second-order valence-electron chi connectivity index (χ2n) is 7.02. The molecule has 0 aliphatic carbocycles. The van der Waals surface area contributed by atoms with Crippen LogP contribution < -0.4 is 4.90 Å². The van der Waals surface area contributed by atoms with Crippen molar-refractivity contribution in [2.75, 3.05) is 4.90 Å². The lowest BCUT2D eigenvalue weighted by Crippen LogP contribution is -2.28. The van der Waals surface area contributed by atoms with E-state index in [9.17, 15) is 5.11 Å². The summed E-state index contributed by atoms with van der Waals surface area (Å²) in [5.74, 6) is 0.00521. The highest BCUT2D eigenvalue weighted by molar-refractivity contribution is 5.73. The number of aliphatic hydroxyl groups is 1. The summed E-state index contributed by atoms with van der Waals surface area (Å²) in [5, 5.41) is 11.4. The highest BCUT2D eigenvalue weighted by atomic mass is 16.3. The van der Waals surface area contributed by atoms with Gasteiger partial charge in [0.1, 0.15) is 0 Å². The van der Waals surface area contributed by atoms with Crippen molar-refractivity contribution < 1.29 is 5.11 Å². The predicted molar refractivity (Wildman–Crippen MR) is 103 cm³/mol. The van der Waals surface area contributed by atoms with Crippen LogP contribution in [0.5, 0.6) is 0 Å². The largest absolute Gasteiger partial charge is 0.385 e. The third kappa shape index (κ3) is 2.63. The standard InChI is InChI=1S/C23H23NO/c1-17-19-12-6-8-14-21(19)24(16-18-10-4-3-5-11-18)22-15-9-7-13-20(22)23(17,2)25/h3-15,17,25H,16H2,1-2H3. The Bertz CT molecular complexity index is 885. The van der Waals surface area contributed by atoms with E-state index in [-0.39, 0.29) is 5.92 Å². The smallest absolute Gasteiger partial charge is 0.0954 e. The van der Waals surface area contributed by atoms with Crippen LogP contribution in [0, 0.1) is 0 Å². The van der Waals surface area contributed by atoms with Crippen LogP contribution in [-0.2, 0) is 12.1 Å². The first kappa shape index (κ1) is 15.9. The number of para-hydroxylation sites is 2. The molecular weight excluding hydrogens is 306 g/mol. The van der Waals surface area contributed by atoms with Crippen LogP contribution >= 0.6 is 0 Å². The van der Waals surface area contributed by atoms with Crippen molar-refractivity contribution in [3.8, 4) is 0 Å². The van der Waals surface area contributed by atoms with Crippen molar-refractivity contribution in [1.82, 2.24) is 0 Å². The third-order valence-electron chi connectivity index (χ3n) is 5.46. The monoisotopic (exact) mass is 329 g/mol. The van der Waals surface area contributed by atoms with Gasteiger partial charge in [-0.15, -0.1) is 0 Å². The van der Waals surface area contributed by atoms with E-state index in [0.717, 1.165) is 17.8 Å². The first-order valence-electron chi connectivity index (χ1n) is 8.81. The maximum Gasteiger partial charge on any atom is 0.0954 e. The first-order valence-corrected chi connectivity index (χ1v) is 8.81. The Kier molecular flexibility index (Phi) is 3.85. The van der Waals surface area contributed by atoms with E-state index < -0.39 is 5.60 Å². The molecule has 25 heavy (non-hydrogen) atoms. The Labute approximate surface area is 149 Å². The minimum absolute atomic E-state index is 0.00521. The van der Waals surface area contributed by atoms with Crippen molar-refractivity contribution in [3.63, 3.8) is 0 Å². The van der Waals surface area contributed by atoms with Gasteiger partial charge in [-0.1, -0.05) is 73.7 Å². The van der Waals surface area contributed by atoms with Gasteiger partial charge in [0, 0.05) is 29.4 Å². The van der Waals surface area contributed by atoms with Gasteiger partial charge >= 0.3 is 0 Å². The zero-order chi connectivity index (χ0) is 17.4. The van der Waals surface area contributed by atoms with E-state index in [1.54, 1.807) is 0 Å². The number of hydrogen-bond donors (Lipinski definition) is 1. The van der Waals surface area contributed by atoms with Crippen LogP contribution in [-0.4, -0.2) is 5.11 Å². The van der Waals surface area contributed by atoms with Crippen molar-refractivity contribution in [2.24, 2.45) is 0 Å². The summed E-state index contributed by atoms with van der Waals surface area (Å²) in [6.45, 7) is 4.82. The molecule has 1 aliphatic rings. The fourth-order valence-corrected chi connectivity index (χ4v) is 3.84. The average molecular weight is 329 g/mol. The molecule has 2 heteroatoms. The van der Waals surface area contributed by atoms with E-state index >= 15 is 0 Å². The molecule has 2 atom stereocenters. The zero-order valence-corrected chi connectivity index (χ0v) is 14.7. The molecule has 0 amide bonds. The molecule has 1 heterocycles. The lowest BCUT2D eigenvalue weighted by atomic mass is 9.80. The molecule has 0 fully saturated rings. The minimum Gasteiger partial charge on any atom is -0.385 e. The van der Waals surface area contributed by atoms with Crippen molar-refractivity contribution in [3.05, 3.63) is 95.6 Å². The Morgan fingerprint density at radius 1 is 0.840 bits per heavy atom. The minimum atomic E-state index is -0.919. The average Bonchev–Trinajstić information content (AvgIpc) is 2.72. The first-order chi connectivity index (χ1) is 12.1. The molecule has 0 spiro atoms. The summed E-state index contributed by atoms with van der Waals surface area (Å²) in [7, 11) is 0. The fourth-order valence-electron chi connectivity index (χ4n) is 3.84. The maximum absolute atomic E-state index is 11.4. The topological polar surface area (TPSA) is 23.5 Å². The molecule has 2 unspecified atom stereocenters. The third-order valence-corrected chi connectivity index (χ3v) is 5.46. The maximum atomic E-state index is 11.4. The second kappa shape index (κ2) is 6.05. The van der Waals surface area contributed by atoms with Crippen LogP contribution in [0.1, 0.15) is 36.5 Å². The van der Waals surface area contributed by atoms with Crippen LogP contribution in [0.2, 0.25) is 0 Å². The van der Waals surface area contributed by atoms with Gasteiger partial charge < -0.3 is 10.0 Å². The van der Waals surface area contributed by atoms with E-state index in [1.807, 2.05) is 25.1 Å². The summed E-state index contributed by atoms with van der Waals surface area (Å²) < 4.78 is 0. The SMILES string of the molecule is CC1c2ccccc2N(Cc2ccccc2)c2ccccc2C1(C)O. The summed E-state index contributed by atoms with van der Waals surface area (Å²) in [5.41, 5.74) is 4.74. The van der Waals surface area contributed by atoms with Gasteiger partial charge in [-0.2, -0.15) is 0 Å². The Morgan fingerprint density at radius 2 is 1.44 bits per heavy atom. The molecule has 0 radical (unpaired) electrons. The molecule has 126 valence electrons. The quantitative estimate of drug-likeness (QED) is 0.685. The predicted octanol–water partition coefficient (Wildman–Crippen LogP) is 5.35. The van der Waals surface area contributed by atoms with Crippen LogP contribution in [0.25, 0.3) is 0 Å². The van der Waals surface area contributed by atoms with E-state index in [2.05, 4.69) is 72.5 Å². The van der Waals surface area contributed by atoms with Crippen molar-refractivity contribution in [2.45, 2.75) is 31.9 Å². The van der Waals surface area contributed by atoms with Gasteiger partial charge in [-0.25, -0.2) is 0 Å². The summed E-state index contributed by atoms with van der Waals surface area (Å²) in [6.07, 6.45) is 0. The van der Waals surface area contributed by atoms with E-state index in [1.165, 1.54) is 16.8 Å². The van der Waals surface area contributed by atoms with E-state index in [0.29, 0.717) is 0 Å².